The third-order valence-electron chi connectivity index (χ3n) is 4.28. The number of hydrogen-bond donors (Lipinski definition) is 1. The number of nitrogens with zero attached hydrogens (tertiary/aromatic N) is 5. The van der Waals surface area contributed by atoms with Crippen molar-refractivity contribution in [3.8, 4) is 0 Å². The minimum atomic E-state index is -4.37. The molecule has 0 spiro atoms. The van der Waals surface area contributed by atoms with Gasteiger partial charge in [-0.3, -0.25) is 0 Å². The van der Waals surface area contributed by atoms with Crippen molar-refractivity contribution in [3.05, 3.63) is 36.3 Å². The molecule has 6 nitrogen and oxygen atoms in total. The van der Waals surface area contributed by atoms with E-state index in [0.717, 1.165) is 43.3 Å². The van der Waals surface area contributed by atoms with Gasteiger partial charge in [0, 0.05) is 45.5 Å². The van der Waals surface area contributed by atoms with Crippen LogP contribution >= 0.6 is 0 Å². The van der Waals surface area contributed by atoms with Gasteiger partial charge >= 0.3 is 6.18 Å². The lowest BCUT2D eigenvalue weighted by atomic mass is 10.1. The number of hydrogen-bond acceptors (Lipinski definition) is 6. The fraction of sp³-hybridized carbons (Fsp3) is 0.471. The smallest absolute Gasteiger partial charge is 0.365 e. The fourth-order valence-electron chi connectivity index (χ4n) is 2.92. The minimum Gasteiger partial charge on any atom is -0.365 e. The first-order chi connectivity index (χ1) is 12.3. The highest BCUT2D eigenvalue weighted by molar-refractivity contribution is 5.49. The molecule has 3 rings (SSSR count). The Morgan fingerprint density at radius 3 is 2.65 bits per heavy atom. The van der Waals surface area contributed by atoms with E-state index in [1.54, 1.807) is 0 Å². The summed E-state index contributed by atoms with van der Waals surface area (Å²) >= 11 is 0. The molecule has 1 N–H and O–H groups in total. The van der Waals surface area contributed by atoms with Crippen LogP contribution < -0.4 is 15.1 Å². The molecule has 1 fully saturated rings. The van der Waals surface area contributed by atoms with Crippen molar-refractivity contribution < 1.29 is 13.2 Å². The van der Waals surface area contributed by atoms with E-state index in [0.29, 0.717) is 12.4 Å². The van der Waals surface area contributed by atoms with Crippen molar-refractivity contribution in [1.29, 1.82) is 0 Å². The Morgan fingerprint density at radius 1 is 1.19 bits per heavy atom. The van der Waals surface area contributed by atoms with Crippen LogP contribution in [0, 0.1) is 0 Å². The molecule has 0 aliphatic carbocycles. The molecule has 1 aliphatic rings. The van der Waals surface area contributed by atoms with Crippen LogP contribution in [0.25, 0.3) is 0 Å². The van der Waals surface area contributed by atoms with E-state index in [9.17, 15) is 13.2 Å². The standard InChI is InChI=1S/C17H21F3N6/c1-25(2)16-8-14(22-11-23-16)24-13-4-3-7-26(10-13)15-6-5-12(9-21-15)17(18,19)20/h5-6,8-9,11,13H,3-4,7,10H2,1-2H3,(H,22,23,24). The molecule has 140 valence electrons. The summed E-state index contributed by atoms with van der Waals surface area (Å²) in [5.74, 6) is 2.09. The van der Waals surface area contributed by atoms with E-state index in [4.69, 9.17) is 0 Å². The highest BCUT2D eigenvalue weighted by Crippen LogP contribution is 2.30. The quantitative estimate of drug-likeness (QED) is 0.898. The van der Waals surface area contributed by atoms with Crippen molar-refractivity contribution in [2.24, 2.45) is 0 Å². The Labute approximate surface area is 150 Å². The Kier molecular flexibility index (Phi) is 5.15. The van der Waals surface area contributed by atoms with Gasteiger partial charge in [0.25, 0.3) is 0 Å². The van der Waals surface area contributed by atoms with Gasteiger partial charge in [0.05, 0.1) is 5.56 Å². The molecule has 0 aromatic carbocycles. The summed E-state index contributed by atoms with van der Waals surface area (Å²) in [6, 6.07) is 4.51. The van der Waals surface area contributed by atoms with Crippen LogP contribution in [0.2, 0.25) is 0 Å². The summed E-state index contributed by atoms with van der Waals surface area (Å²) in [5, 5.41) is 3.38. The van der Waals surface area contributed by atoms with Crippen molar-refractivity contribution in [2.45, 2.75) is 25.1 Å². The molecule has 1 atom stereocenters. The van der Waals surface area contributed by atoms with E-state index < -0.39 is 11.7 Å². The van der Waals surface area contributed by atoms with E-state index in [-0.39, 0.29) is 6.04 Å². The number of pyridine rings is 1. The highest BCUT2D eigenvalue weighted by atomic mass is 19.4. The maximum Gasteiger partial charge on any atom is 0.417 e. The van der Waals surface area contributed by atoms with Crippen LogP contribution in [0.4, 0.5) is 30.6 Å². The van der Waals surface area contributed by atoms with Crippen LogP contribution in [0.15, 0.2) is 30.7 Å². The van der Waals surface area contributed by atoms with Gasteiger partial charge in [-0.05, 0) is 25.0 Å². The van der Waals surface area contributed by atoms with Gasteiger partial charge in [0.1, 0.15) is 23.8 Å². The maximum absolute atomic E-state index is 12.7. The minimum absolute atomic E-state index is 0.137. The van der Waals surface area contributed by atoms with Crippen molar-refractivity contribution in [1.82, 2.24) is 15.0 Å². The highest BCUT2D eigenvalue weighted by Gasteiger charge is 2.31. The number of nitrogens with one attached hydrogen (secondary N) is 1. The number of aromatic nitrogens is 3. The number of rotatable bonds is 4. The van der Waals surface area contributed by atoms with Gasteiger partial charge in [-0.15, -0.1) is 0 Å². The Bertz CT molecular complexity index is 732. The van der Waals surface area contributed by atoms with E-state index in [1.807, 2.05) is 30.0 Å². The molecule has 0 saturated carbocycles. The summed E-state index contributed by atoms with van der Waals surface area (Å²) < 4.78 is 38.0. The van der Waals surface area contributed by atoms with Gasteiger partial charge in [-0.1, -0.05) is 0 Å². The first-order valence-corrected chi connectivity index (χ1v) is 8.37. The monoisotopic (exact) mass is 366 g/mol. The Balaban J connectivity index is 1.67. The molecule has 9 heteroatoms. The van der Waals surface area contributed by atoms with Gasteiger partial charge in [0.15, 0.2) is 0 Å². The number of halogens is 3. The lowest BCUT2D eigenvalue weighted by Gasteiger charge is -2.34. The first kappa shape index (κ1) is 18.2. The molecule has 0 bridgehead atoms. The van der Waals surface area contributed by atoms with Crippen LogP contribution in [0.3, 0.4) is 0 Å². The first-order valence-electron chi connectivity index (χ1n) is 8.37. The zero-order valence-electron chi connectivity index (χ0n) is 14.7. The van der Waals surface area contributed by atoms with Gasteiger partial charge in [-0.25, -0.2) is 15.0 Å². The SMILES string of the molecule is CN(C)c1cc(NC2CCCN(c3ccc(C(F)(F)F)cn3)C2)ncn1. The topological polar surface area (TPSA) is 57.2 Å². The molecular formula is C17H21F3N6. The lowest BCUT2D eigenvalue weighted by molar-refractivity contribution is -0.137. The molecule has 2 aromatic heterocycles. The third kappa shape index (κ3) is 4.33. The molecule has 26 heavy (non-hydrogen) atoms. The van der Waals surface area contributed by atoms with Crippen LogP contribution in [-0.4, -0.2) is 48.2 Å². The lowest BCUT2D eigenvalue weighted by Crippen LogP contribution is -2.42. The van der Waals surface area contributed by atoms with Crippen LogP contribution in [0.1, 0.15) is 18.4 Å². The summed E-state index contributed by atoms with van der Waals surface area (Å²) in [4.78, 5) is 16.3. The van der Waals surface area contributed by atoms with Gasteiger partial charge in [0.2, 0.25) is 0 Å². The fourth-order valence-corrected chi connectivity index (χ4v) is 2.92. The molecule has 1 aliphatic heterocycles. The molecule has 2 aromatic rings. The van der Waals surface area contributed by atoms with E-state index in [2.05, 4.69) is 20.3 Å². The maximum atomic E-state index is 12.7. The average molecular weight is 366 g/mol. The van der Waals surface area contributed by atoms with Crippen molar-refractivity contribution in [2.75, 3.05) is 42.3 Å². The number of alkyl halides is 3. The number of anilines is 3. The predicted octanol–water partition coefficient (Wildman–Crippen LogP) is 3.04. The summed E-state index contributed by atoms with van der Waals surface area (Å²) in [5.41, 5.74) is -0.731. The zero-order valence-corrected chi connectivity index (χ0v) is 14.7. The van der Waals surface area contributed by atoms with E-state index in [1.165, 1.54) is 12.4 Å². The predicted molar refractivity (Wildman–Crippen MR) is 94.5 cm³/mol. The Morgan fingerprint density at radius 2 is 2.00 bits per heavy atom. The van der Waals surface area contributed by atoms with Gasteiger partial charge < -0.3 is 15.1 Å². The molecule has 0 radical (unpaired) electrons. The van der Waals surface area contributed by atoms with Gasteiger partial charge in [-0.2, -0.15) is 13.2 Å². The number of piperidine rings is 1. The molecule has 1 unspecified atom stereocenters. The van der Waals surface area contributed by atoms with Crippen LogP contribution in [-0.2, 0) is 6.18 Å². The van der Waals surface area contributed by atoms with Crippen molar-refractivity contribution in [3.63, 3.8) is 0 Å². The summed E-state index contributed by atoms with van der Waals surface area (Å²) in [6.45, 7) is 1.42. The summed E-state index contributed by atoms with van der Waals surface area (Å²) in [7, 11) is 3.81. The second kappa shape index (κ2) is 7.35. The molecular weight excluding hydrogens is 345 g/mol. The largest absolute Gasteiger partial charge is 0.417 e. The zero-order chi connectivity index (χ0) is 18.7. The Hall–Kier alpha value is -2.58. The normalized spacial score (nSPS) is 17.9. The summed E-state index contributed by atoms with van der Waals surface area (Å²) in [6.07, 6.45) is -0.0884. The second-order valence-electron chi connectivity index (χ2n) is 6.49. The molecule has 0 amide bonds. The van der Waals surface area contributed by atoms with E-state index >= 15 is 0 Å². The second-order valence-corrected chi connectivity index (χ2v) is 6.49. The molecule has 3 heterocycles. The average Bonchev–Trinajstić information content (AvgIpc) is 2.61. The molecule has 1 saturated heterocycles. The van der Waals surface area contributed by atoms with Crippen LogP contribution in [0.5, 0.6) is 0 Å². The third-order valence-corrected chi connectivity index (χ3v) is 4.28. The van der Waals surface area contributed by atoms with Crippen molar-refractivity contribution >= 4 is 17.5 Å².